The highest BCUT2D eigenvalue weighted by molar-refractivity contribution is 7.86. The van der Waals surface area contributed by atoms with Crippen LogP contribution in [0.2, 0.25) is 0 Å². The summed E-state index contributed by atoms with van der Waals surface area (Å²) in [6.45, 7) is 12.3. The molecule has 9 heteroatoms. The molecule has 2 aliphatic heterocycles. The van der Waals surface area contributed by atoms with Crippen LogP contribution in [0.5, 0.6) is 0 Å². The molecule has 3 atom stereocenters. The lowest BCUT2D eigenvalue weighted by Crippen LogP contribution is -2.59. The third kappa shape index (κ3) is 5.01. The Hall–Kier alpha value is -1.00. The molecule has 0 aromatic carbocycles. The van der Waals surface area contributed by atoms with Crippen LogP contribution in [0.3, 0.4) is 0 Å². The Kier molecular flexibility index (Phi) is 6.98. The number of amides is 1. The summed E-state index contributed by atoms with van der Waals surface area (Å²) in [7, 11) is -3.49. The second-order valence-electron chi connectivity index (χ2n) is 6.73. The van der Waals surface area contributed by atoms with Gasteiger partial charge in [-0.05, 0) is 20.8 Å². The average Bonchev–Trinajstić information content (AvgIpc) is 2.58. The molecule has 0 spiro atoms. The first-order chi connectivity index (χ1) is 11.8. The number of nitrogens with one attached hydrogen (secondary N) is 1. The van der Waals surface area contributed by atoms with Crippen molar-refractivity contribution in [1.82, 2.24) is 18.8 Å². The van der Waals surface area contributed by atoms with Crippen molar-refractivity contribution in [2.45, 2.75) is 39.0 Å². The Morgan fingerprint density at radius 3 is 2.28 bits per heavy atom. The topological polar surface area (TPSA) is 82.2 Å². The Morgan fingerprint density at radius 1 is 1.20 bits per heavy atom. The molecule has 144 valence electrons. The summed E-state index contributed by atoms with van der Waals surface area (Å²) in [6.07, 6.45) is 1.43. The average molecular weight is 375 g/mol. The first-order valence-electron chi connectivity index (χ1n) is 8.79. The minimum Gasteiger partial charge on any atom is -0.373 e. The maximum Gasteiger partial charge on any atom is 0.282 e. The molecule has 0 unspecified atom stereocenters. The molecular formula is C16H30N4O4S. The van der Waals surface area contributed by atoms with Gasteiger partial charge < -0.3 is 10.1 Å². The van der Waals surface area contributed by atoms with Crippen LogP contribution in [0.1, 0.15) is 20.8 Å². The molecule has 0 radical (unpaired) electrons. The minimum absolute atomic E-state index is 0.0629. The van der Waals surface area contributed by atoms with Crippen molar-refractivity contribution >= 4 is 16.1 Å². The van der Waals surface area contributed by atoms with Gasteiger partial charge in [0.05, 0.1) is 18.2 Å². The summed E-state index contributed by atoms with van der Waals surface area (Å²) < 4.78 is 34.4. The summed E-state index contributed by atoms with van der Waals surface area (Å²) in [5.41, 5.74) is 0. The van der Waals surface area contributed by atoms with Crippen LogP contribution in [0, 0.1) is 0 Å². The number of hydrogen-bond donors (Lipinski definition) is 1. The van der Waals surface area contributed by atoms with Crippen molar-refractivity contribution in [3.63, 3.8) is 0 Å². The summed E-state index contributed by atoms with van der Waals surface area (Å²) in [6, 6.07) is -0.284. The van der Waals surface area contributed by atoms with Gasteiger partial charge in [0, 0.05) is 45.8 Å². The molecule has 8 nitrogen and oxygen atoms in total. The second kappa shape index (κ2) is 8.59. The molecule has 2 fully saturated rings. The zero-order valence-electron chi connectivity index (χ0n) is 15.3. The van der Waals surface area contributed by atoms with Gasteiger partial charge in [-0.15, -0.1) is 6.58 Å². The van der Waals surface area contributed by atoms with Crippen molar-refractivity contribution in [3.8, 4) is 0 Å². The molecule has 0 aliphatic carbocycles. The highest BCUT2D eigenvalue weighted by Crippen LogP contribution is 2.19. The summed E-state index contributed by atoms with van der Waals surface area (Å²) in [5.74, 6) is -0.0629. The van der Waals surface area contributed by atoms with Gasteiger partial charge in [0.25, 0.3) is 10.2 Å². The molecule has 2 rings (SSSR count). The molecule has 1 N–H and O–H groups in total. The van der Waals surface area contributed by atoms with Gasteiger partial charge in [-0.2, -0.15) is 17.0 Å². The molecule has 2 aliphatic rings. The first kappa shape index (κ1) is 20.3. The summed E-state index contributed by atoms with van der Waals surface area (Å²) in [5, 5.41) is 2.78. The maximum atomic E-state index is 12.9. The molecule has 25 heavy (non-hydrogen) atoms. The number of rotatable bonds is 6. The smallest absolute Gasteiger partial charge is 0.282 e. The minimum atomic E-state index is -3.49. The fourth-order valence-electron chi connectivity index (χ4n) is 3.29. The van der Waals surface area contributed by atoms with Crippen molar-refractivity contribution in [2.24, 2.45) is 0 Å². The number of hydrogen-bond acceptors (Lipinski definition) is 5. The third-order valence-corrected chi connectivity index (χ3v) is 6.63. The van der Waals surface area contributed by atoms with Crippen molar-refractivity contribution in [3.05, 3.63) is 12.7 Å². The van der Waals surface area contributed by atoms with Gasteiger partial charge in [-0.1, -0.05) is 6.08 Å². The number of piperazine rings is 1. The molecule has 0 bridgehead atoms. The Morgan fingerprint density at radius 2 is 1.76 bits per heavy atom. The lowest BCUT2D eigenvalue weighted by atomic mass is 10.2. The molecule has 2 saturated heterocycles. The summed E-state index contributed by atoms with van der Waals surface area (Å²) >= 11 is 0. The van der Waals surface area contributed by atoms with E-state index in [1.807, 2.05) is 25.7 Å². The normalized spacial score (nSPS) is 28.4. The number of ether oxygens (including phenoxy) is 1. The van der Waals surface area contributed by atoms with E-state index < -0.39 is 10.2 Å². The predicted molar refractivity (Wildman–Crippen MR) is 96.3 cm³/mol. The van der Waals surface area contributed by atoms with E-state index >= 15 is 0 Å². The maximum absolute atomic E-state index is 12.9. The molecule has 0 aromatic heterocycles. The number of morpholine rings is 1. The highest BCUT2D eigenvalue weighted by Gasteiger charge is 2.37. The van der Waals surface area contributed by atoms with E-state index in [0.717, 1.165) is 0 Å². The van der Waals surface area contributed by atoms with E-state index in [1.165, 1.54) is 8.61 Å². The largest absolute Gasteiger partial charge is 0.373 e. The van der Waals surface area contributed by atoms with E-state index in [-0.39, 0.29) is 24.2 Å². The lowest BCUT2D eigenvalue weighted by molar-refractivity contribution is -0.126. The van der Waals surface area contributed by atoms with Gasteiger partial charge in [-0.3, -0.25) is 9.69 Å². The zero-order valence-corrected chi connectivity index (χ0v) is 16.2. The van der Waals surface area contributed by atoms with Gasteiger partial charge in [0.2, 0.25) is 5.91 Å². The van der Waals surface area contributed by atoms with E-state index in [0.29, 0.717) is 45.8 Å². The molecule has 1 amide bonds. The monoisotopic (exact) mass is 374 g/mol. The number of nitrogens with zero attached hydrogens (tertiary/aromatic N) is 3. The van der Waals surface area contributed by atoms with Crippen LogP contribution >= 0.6 is 0 Å². The van der Waals surface area contributed by atoms with E-state index in [1.54, 1.807) is 6.08 Å². The van der Waals surface area contributed by atoms with Crippen LogP contribution in [0.4, 0.5) is 0 Å². The Labute approximate surface area is 151 Å². The van der Waals surface area contributed by atoms with Crippen LogP contribution < -0.4 is 5.32 Å². The van der Waals surface area contributed by atoms with Crippen LogP contribution in [0.15, 0.2) is 12.7 Å². The zero-order chi connectivity index (χ0) is 18.6. The second-order valence-corrected chi connectivity index (χ2v) is 8.66. The molecular weight excluding hydrogens is 344 g/mol. The molecule has 0 aromatic rings. The van der Waals surface area contributed by atoms with Gasteiger partial charge >= 0.3 is 0 Å². The van der Waals surface area contributed by atoms with Gasteiger partial charge in [0.15, 0.2) is 0 Å². The van der Waals surface area contributed by atoms with E-state index in [4.69, 9.17) is 4.74 Å². The SMILES string of the molecule is C=CCNC(=O)[C@H](C)N1CCN(S(=O)(=O)N2C[C@@H](C)O[C@H](C)C2)CC1. The quantitative estimate of drug-likeness (QED) is 0.643. The Balaban J connectivity index is 1.92. The van der Waals surface area contributed by atoms with Crippen LogP contribution in [0.25, 0.3) is 0 Å². The van der Waals surface area contributed by atoms with Crippen molar-refractivity contribution in [1.29, 1.82) is 0 Å². The van der Waals surface area contributed by atoms with Crippen molar-refractivity contribution < 1.29 is 17.9 Å². The summed E-state index contributed by atoms with van der Waals surface area (Å²) in [4.78, 5) is 14.1. The van der Waals surface area contributed by atoms with E-state index in [9.17, 15) is 13.2 Å². The number of carbonyl (C=O) groups is 1. The highest BCUT2D eigenvalue weighted by atomic mass is 32.2. The van der Waals surface area contributed by atoms with Crippen LogP contribution in [-0.4, -0.2) is 91.9 Å². The third-order valence-electron chi connectivity index (χ3n) is 4.66. The fraction of sp³-hybridized carbons (Fsp3) is 0.812. The van der Waals surface area contributed by atoms with Gasteiger partial charge in [0.1, 0.15) is 0 Å². The standard InChI is InChI=1S/C16H30N4O4S/c1-5-6-17-16(21)15(4)18-7-9-19(10-8-18)25(22,23)20-11-13(2)24-14(3)12-20/h5,13-15H,1,6-12H2,2-4H3,(H,17,21)/t13-,14-,15+/m1/s1. The van der Waals surface area contributed by atoms with E-state index in [2.05, 4.69) is 11.9 Å². The Bertz CT molecular complexity index is 565. The fourth-order valence-corrected chi connectivity index (χ4v) is 5.04. The number of carbonyl (C=O) groups excluding carboxylic acids is 1. The van der Waals surface area contributed by atoms with Crippen molar-refractivity contribution in [2.75, 3.05) is 45.8 Å². The molecule has 0 saturated carbocycles. The van der Waals surface area contributed by atoms with Gasteiger partial charge in [-0.25, -0.2) is 0 Å². The lowest BCUT2D eigenvalue weighted by Gasteiger charge is -2.41. The van der Waals surface area contributed by atoms with Crippen LogP contribution in [-0.2, 0) is 19.7 Å². The predicted octanol–water partition coefficient (Wildman–Crippen LogP) is -0.351. The molecule has 2 heterocycles. The first-order valence-corrected chi connectivity index (χ1v) is 10.2.